The fourth-order valence-electron chi connectivity index (χ4n) is 2.01. The summed E-state index contributed by atoms with van der Waals surface area (Å²) in [5, 5.41) is 13.6. The molecular weight excluding hydrogens is 256 g/mol. The lowest BCUT2D eigenvalue weighted by Gasteiger charge is -2.32. The van der Waals surface area contributed by atoms with Crippen LogP contribution in [0, 0.1) is 0 Å². The zero-order chi connectivity index (χ0) is 14.9. The molecule has 6 heteroatoms. The summed E-state index contributed by atoms with van der Waals surface area (Å²) in [5.41, 5.74) is 6.48. The highest BCUT2D eigenvalue weighted by Gasteiger charge is 2.31. The third kappa shape index (κ3) is 2.59. The predicted octanol–water partition coefficient (Wildman–Crippen LogP) is 2.74. The number of nitrogen functional groups attached to an aromatic ring is 1. The van der Waals surface area contributed by atoms with Crippen LogP contribution in [0.15, 0.2) is 36.5 Å². The van der Waals surface area contributed by atoms with Crippen molar-refractivity contribution in [3.05, 3.63) is 36.5 Å². The van der Waals surface area contributed by atoms with Gasteiger partial charge in [-0.15, -0.1) is 5.10 Å². The molecule has 106 valence electrons. The predicted molar refractivity (Wildman–Crippen MR) is 78.2 cm³/mol. The van der Waals surface area contributed by atoms with Crippen molar-refractivity contribution in [3.8, 4) is 5.69 Å². The highest BCUT2D eigenvalue weighted by atomic mass is 16.4. The number of hydrogen-bond donors (Lipinski definition) is 2. The summed E-state index contributed by atoms with van der Waals surface area (Å²) >= 11 is 0. The number of aromatic nitrogens is 2. The van der Waals surface area contributed by atoms with E-state index in [1.165, 1.54) is 4.90 Å². The molecule has 1 heterocycles. The first-order valence-electron chi connectivity index (χ1n) is 6.24. The Balaban J connectivity index is 2.49. The monoisotopic (exact) mass is 274 g/mol. The number of carbonyl (C=O) groups is 1. The molecule has 3 N–H and O–H groups in total. The van der Waals surface area contributed by atoms with Gasteiger partial charge in [-0.1, -0.05) is 18.2 Å². The number of nitrogens with two attached hydrogens (primary N) is 1. The summed E-state index contributed by atoms with van der Waals surface area (Å²) in [5.74, 6) is 0.186. The van der Waals surface area contributed by atoms with Gasteiger partial charge in [-0.05, 0) is 32.9 Å². The molecule has 0 aliphatic rings. The zero-order valence-electron chi connectivity index (χ0n) is 11.7. The van der Waals surface area contributed by atoms with Crippen LogP contribution in [0.4, 0.5) is 16.3 Å². The van der Waals surface area contributed by atoms with Gasteiger partial charge in [-0.3, -0.25) is 4.90 Å². The van der Waals surface area contributed by atoms with Crippen LogP contribution in [-0.4, -0.2) is 26.5 Å². The number of benzene rings is 1. The van der Waals surface area contributed by atoms with Crippen LogP contribution in [0.3, 0.4) is 0 Å². The van der Waals surface area contributed by atoms with Crippen LogP contribution in [0.25, 0.3) is 5.69 Å². The van der Waals surface area contributed by atoms with E-state index in [1.54, 1.807) is 31.6 Å². The summed E-state index contributed by atoms with van der Waals surface area (Å²) in [6.07, 6.45) is 0.570. The Morgan fingerprint density at radius 2 is 1.90 bits per heavy atom. The fraction of sp³-hybridized carbons (Fsp3) is 0.286. The number of rotatable bonds is 2. The van der Waals surface area contributed by atoms with Gasteiger partial charge in [0.25, 0.3) is 0 Å². The molecule has 0 saturated carbocycles. The van der Waals surface area contributed by atoms with Crippen LogP contribution in [0.2, 0.25) is 0 Å². The lowest BCUT2D eigenvalue weighted by Crippen LogP contribution is -2.45. The quantitative estimate of drug-likeness (QED) is 0.881. The maximum Gasteiger partial charge on any atom is 0.412 e. The van der Waals surface area contributed by atoms with Crippen molar-refractivity contribution in [1.82, 2.24) is 9.78 Å². The Bertz CT molecular complexity index is 614. The van der Waals surface area contributed by atoms with Gasteiger partial charge in [-0.25, -0.2) is 9.48 Å². The van der Waals surface area contributed by atoms with Crippen molar-refractivity contribution in [3.63, 3.8) is 0 Å². The van der Waals surface area contributed by atoms with Crippen LogP contribution in [0.1, 0.15) is 20.8 Å². The summed E-state index contributed by atoms with van der Waals surface area (Å²) < 4.78 is 1.58. The molecule has 0 atom stereocenters. The summed E-state index contributed by atoms with van der Waals surface area (Å²) in [7, 11) is 0. The number of carboxylic acid groups (broad SMARTS) is 1. The molecule has 0 radical (unpaired) electrons. The highest BCUT2D eigenvalue weighted by molar-refractivity contribution is 5.90. The second-order valence-corrected chi connectivity index (χ2v) is 5.47. The van der Waals surface area contributed by atoms with E-state index in [4.69, 9.17) is 5.73 Å². The van der Waals surface area contributed by atoms with E-state index in [-0.39, 0.29) is 5.82 Å². The Morgan fingerprint density at radius 1 is 1.30 bits per heavy atom. The number of amides is 1. The zero-order valence-corrected chi connectivity index (χ0v) is 11.7. The van der Waals surface area contributed by atoms with Crippen molar-refractivity contribution in [2.75, 3.05) is 10.6 Å². The number of nitrogens with zero attached hydrogens (tertiary/aromatic N) is 3. The molecule has 0 aliphatic carbocycles. The Kier molecular flexibility index (Phi) is 3.40. The van der Waals surface area contributed by atoms with Crippen molar-refractivity contribution in [2.45, 2.75) is 26.3 Å². The minimum absolute atomic E-state index is 0.186. The molecule has 0 unspecified atom stereocenters. The molecule has 6 nitrogen and oxygen atoms in total. The molecule has 0 spiro atoms. The first-order valence-corrected chi connectivity index (χ1v) is 6.24. The molecular formula is C14H18N4O2. The number of hydrogen-bond acceptors (Lipinski definition) is 3. The molecule has 0 fully saturated rings. The minimum Gasteiger partial charge on any atom is -0.465 e. The van der Waals surface area contributed by atoms with Crippen molar-refractivity contribution >= 4 is 17.6 Å². The van der Waals surface area contributed by atoms with Gasteiger partial charge in [0.15, 0.2) is 5.82 Å². The Morgan fingerprint density at radius 3 is 2.40 bits per heavy atom. The van der Waals surface area contributed by atoms with Crippen molar-refractivity contribution in [2.24, 2.45) is 0 Å². The van der Waals surface area contributed by atoms with E-state index >= 15 is 0 Å². The summed E-state index contributed by atoms with van der Waals surface area (Å²) in [6, 6.07) is 9.41. The third-order valence-corrected chi connectivity index (χ3v) is 2.85. The van der Waals surface area contributed by atoms with Crippen LogP contribution in [0.5, 0.6) is 0 Å². The van der Waals surface area contributed by atoms with E-state index in [1.807, 2.05) is 30.3 Å². The van der Waals surface area contributed by atoms with Crippen LogP contribution < -0.4 is 10.6 Å². The topological polar surface area (TPSA) is 84.4 Å². The minimum atomic E-state index is -1.06. The fourth-order valence-corrected chi connectivity index (χ4v) is 2.01. The normalized spacial score (nSPS) is 11.3. The maximum atomic E-state index is 11.5. The third-order valence-electron chi connectivity index (χ3n) is 2.85. The Hall–Kier alpha value is -2.50. The second kappa shape index (κ2) is 4.88. The number of anilines is 2. The smallest absolute Gasteiger partial charge is 0.412 e. The number of para-hydroxylation sites is 1. The molecule has 2 rings (SSSR count). The first kappa shape index (κ1) is 13.9. The summed E-state index contributed by atoms with van der Waals surface area (Å²) in [4.78, 5) is 12.7. The van der Waals surface area contributed by atoms with Crippen LogP contribution >= 0.6 is 0 Å². The molecule has 0 bridgehead atoms. The Labute approximate surface area is 117 Å². The maximum absolute atomic E-state index is 11.5. The van der Waals surface area contributed by atoms with Gasteiger partial charge in [0.05, 0.1) is 11.9 Å². The molecule has 1 aromatic carbocycles. The molecule has 0 aliphatic heterocycles. The largest absolute Gasteiger partial charge is 0.465 e. The van der Waals surface area contributed by atoms with Crippen molar-refractivity contribution in [1.29, 1.82) is 0 Å². The van der Waals surface area contributed by atoms with E-state index < -0.39 is 11.6 Å². The highest BCUT2D eigenvalue weighted by Crippen LogP contribution is 2.29. The molecule has 0 saturated heterocycles. The van der Waals surface area contributed by atoms with Gasteiger partial charge >= 0.3 is 6.09 Å². The van der Waals surface area contributed by atoms with E-state index in [0.29, 0.717) is 5.69 Å². The second-order valence-electron chi connectivity index (χ2n) is 5.47. The van der Waals surface area contributed by atoms with Gasteiger partial charge < -0.3 is 10.8 Å². The lowest BCUT2D eigenvalue weighted by molar-refractivity contribution is 0.195. The molecule has 1 amide bonds. The van der Waals surface area contributed by atoms with E-state index in [0.717, 1.165) is 5.69 Å². The first-order chi connectivity index (χ1) is 9.30. The SMILES string of the molecule is CC(C)(C)N(C(=O)O)c1cn(-c2ccccc2)nc1N. The standard InChI is InChI=1S/C14H18N4O2/c1-14(2,3)18(13(19)20)11-9-17(16-12(11)15)10-7-5-4-6-8-10/h4-9H,1-3H3,(H2,15,16)(H,19,20). The van der Waals surface area contributed by atoms with E-state index in [9.17, 15) is 9.90 Å². The van der Waals surface area contributed by atoms with Gasteiger partial charge in [0, 0.05) is 5.54 Å². The summed E-state index contributed by atoms with van der Waals surface area (Å²) in [6.45, 7) is 5.42. The van der Waals surface area contributed by atoms with Gasteiger partial charge in [0.2, 0.25) is 0 Å². The van der Waals surface area contributed by atoms with Gasteiger partial charge in [0.1, 0.15) is 5.69 Å². The average Bonchev–Trinajstić information content (AvgIpc) is 2.70. The molecule has 2 aromatic rings. The van der Waals surface area contributed by atoms with Crippen molar-refractivity contribution < 1.29 is 9.90 Å². The van der Waals surface area contributed by atoms with E-state index in [2.05, 4.69) is 5.10 Å². The van der Waals surface area contributed by atoms with Crippen LogP contribution in [-0.2, 0) is 0 Å². The molecule has 1 aromatic heterocycles. The molecule has 20 heavy (non-hydrogen) atoms. The van der Waals surface area contributed by atoms with Gasteiger partial charge in [-0.2, -0.15) is 0 Å². The lowest BCUT2D eigenvalue weighted by atomic mass is 10.1. The average molecular weight is 274 g/mol.